The molecule has 1 aliphatic heterocycles. The van der Waals surface area contributed by atoms with Crippen LogP contribution < -0.4 is 0 Å². The van der Waals surface area contributed by atoms with Crippen molar-refractivity contribution < 1.29 is 4.39 Å². The van der Waals surface area contributed by atoms with E-state index in [1.165, 1.54) is 28.2 Å². The van der Waals surface area contributed by atoms with E-state index in [0.29, 0.717) is 12.0 Å². The highest BCUT2D eigenvalue weighted by atomic mass is 32.2. The van der Waals surface area contributed by atoms with Crippen LogP contribution in [0.1, 0.15) is 37.9 Å². The minimum atomic E-state index is -0.240. The predicted molar refractivity (Wildman–Crippen MR) is 140 cm³/mol. The standard InChI is InChI=1S/C27H33FN6S/c1-5-32-17-24(15-29-32)35-33-11-10-31(16-19(2)3)27(18-33)25-13-21-14-30-34(26(21)12-20(25)4)23-8-6-22(28)7-9-23/h6-9,12-15,17,19,27H,5,10-11,16,18H2,1-4H3. The Labute approximate surface area is 210 Å². The summed E-state index contributed by atoms with van der Waals surface area (Å²) in [4.78, 5) is 3.83. The molecule has 1 atom stereocenters. The lowest BCUT2D eigenvalue weighted by Crippen LogP contribution is -2.47. The van der Waals surface area contributed by atoms with Gasteiger partial charge in [-0.2, -0.15) is 10.2 Å². The molecule has 1 aliphatic rings. The lowest BCUT2D eigenvalue weighted by atomic mass is 9.96. The van der Waals surface area contributed by atoms with Crippen molar-refractivity contribution in [3.8, 4) is 5.69 Å². The van der Waals surface area contributed by atoms with E-state index in [-0.39, 0.29) is 5.82 Å². The van der Waals surface area contributed by atoms with Gasteiger partial charge in [0.15, 0.2) is 0 Å². The molecule has 0 saturated carbocycles. The molecule has 0 N–H and O–H groups in total. The first-order valence-electron chi connectivity index (χ1n) is 12.3. The number of aryl methyl sites for hydroxylation is 2. The van der Waals surface area contributed by atoms with Crippen molar-refractivity contribution in [1.29, 1.82) is 0 Å². The zero-order valence-electron chi connectivity index (χ0n) is 20.9. The highest BCUT2D eigenvalue weighted by molar-refractivity contribution is 7.97. The summed E-state index contributed by atoms with van der Waals surface area (Å²) in [5, 5.41) is 10.2. The van der Waals surface area contributed by atoms with Crippen molar-refractivity contribution in [1.82, 2.24) is 28.8 Å². The lowest BCUT2D eigenvalue weighted by molar-refractivity contribution is 0.110. The molecular weight excluding hydrogens is 459 g/mol. The second-order valence-corrected chi connectivity index (χ2v) is 10.9. The average Bonchev–Trinajstić information content (AvgIpc) is 3.46. The number of nitrogens with zero attached hydrogens (tertiary/aromatic N) is 6. The summed E-state index contributed by atoms with van der Waals surface area (Å²) in [5.41, 5.74) is 4.52. The van der Waals surface area contributed by atoms with Crippen LogP contribution in [-0.4, -0.2) is 54.9 Å². The van der Waals surface area contributed by atoms with Crippen LogP contribution in [0.15, 0.2) is 59.9 Å². The maximum atomic E-state index is 13.4. The van der Waals surface area contributed by atoms with Crippen LogP contribution in [0, 0.1) is 18.7 Å². The molecule has 6 nitrogen and oxygen atoms in total. The van der Waals surface area contributed by atoms with Gasteiger partial charge in [-0.25, -0.2) is 13.4 Å². The van der Waals surface area contributed by atoms with E-state index in [9.17, 15) is 4.39 Å². The second kappa shape index (κ2) is 10.1. The summed E-state index contributed by atoms with van der Waals surface area (Å²) in [5.74, 6) is 0.362. The molecule has 3 heterocycles. The minimum absolute atomic E-state index is 0.240. The van der Waals surface area contributed by atoms with Gasteiger partial charge >= 0.3 is 0 Å². The van der Waals surface area contributed by atoms with Gasteiger partial charge in [-0.05, 0) is 79.2 Å². The Morgan fingerprint density at radius 1 is 1.09 bits per heavy atom. The minimum Gasteiger partial charge on any atom is -0.293 e. The van der Waals surface area contributed by atoms with Crippen LogP contribution in [0.2, 0.25) is 0 Å². The van der Waals surface area contributed by atoms with E-state index in [0.717, 1.165) is 49.3 Å². The fourth-order valence-electron chi connectivity index (χ4n) is 4.92. The first-order chi connectivity index (χ1) is 16.9. The SMILES string of the molecule is CCn1cc(SN2CCN(CC(C)C)C(c3cc4cnn(-c5ccc(F)cc5)c4cc3C)C2)cn1. The van der Waals surface area contributed by atoms with Crippen LogP contribution in [0.5, 0.6) is 0 Å². The van der Waals surface area contributed by atoms with Crippen molar-refractivity contribution in [2.75, 3.05) is 26.2 Å². The Bertz CT molecular complexity index is 1300. The first kappa shape index (κ1) is 24.0. The molecule has 0 aliphatic carbocycles. The van der Waals surface area contributed by atoms with Crippen molar-refractivity contribution in [2.45, 2.75) is 45.2 Å². The highest BCUT2D eigenvalue weighted by Gasteiger charge is 2.31. The molecule has 0 amide bonds. The van der Waals surface area contributed by atoms with Crippen molar-refractivity contribution in [3.05, 3.63) is 71.9 Å². The third-order valence-corrected chi connectivity index (χ3v) is 7.62. The molecule has 35 heavy (non-hydrogen) atoms. The molecule has 8 heteroatoms. The maximum Gasteiger partial charge on any atom is 0.123 e. The number of piperazine rings is 1. The largest absolute Gasteiger partial charge is 0.293 e. The van der Waals surface area contributed by atoms with E-state index >= 15 is 0 Å². The molecule has 0 bridgehead atoms. The van der Waals surface area contributed by atoms with Gasteiger partial charge in [0.2, 0.25) is 0 Å². The molecule has 5 rings (SSSR count). The molecule has 1 fully saturated rings. The van der Waals surface area contributed by atoms with Gasteiger partial charge < -0.3 is 0 Å². The number of aromatic nitrogens is 4. The lowest BCUT2D eigenvalue weighted by Gasteiger charge is -2.42. The average molecular weight is 493 g/mol. The highest BCUT2D eigenvalue weighted by Crippen LogP contribution is 2.35. The molecule has 0 radical (unpaired) electrons. The summed E-state index contributed by atoms with van der Waals surface area (Å²) in [6, 6.07) is 11.3. The number of halogens is 1. The molecule has 4 aromatic rings. The second-order valence-electron chi connectivity index (χ2n) is 9.72. The Balaban J connectivity index is 1.46. The first-order valence-corrected chi connectivity index (χ1v) is 13.1. The fourth-order valence-corrected chi connectivity index (χ4v) is 5.87. The normalized spacial score (nSPS) is 17.6. The van der Waals surface area contributed by atoms with Gasteiger partial charge in [0.05, 0.1) is 28.5 Å². The summed E-state index contributed by atoms with van der Waals surface area (Å²) < 4.78 is 19.8. The van der Waals surface area contributed by atoms with Gasteiger partial charge in [-0.3, -0.25) is 9.58 Å². The Hall–Kier alpha value is -2.68. The Morgan fingerprint density at radius 2 is 1.89 bits per heavy atom. The summed E-state index contributed by atoms with van der Waals surface area (Å²) in [6.07, 6.45) is 6.01. The topological polar surface area (TPSA) is 42.1 Å². The van der Waals surface area contributed by atoms with Gasteiger partial charge in [0.1, 0.15) is 5.82 Å². The monoisotopic (exact) mass is 492 g/mol. The number of hydrogen-bond donors (Lipinski definition) is 0. The molecule has 2 aromatic carbocycles. The Morgan fingerprint density at radius 3 is 2.60 bits per heavy atom. The predicted octanol–water partition coefficient (Wildman–Crippen LogP) is 5.71. The van der Waals surface area contributed by atoms with Gasteiger partial charge in [-0.15, -0.1) is 0 Å². The van der Waals surface area contributed by atoms with Gasteiger partial charge in [-0.1, -0.05) is 13.8 Å². The molecular formula is C27H33FN6S. The van der Waals surface area contributed by atoms with E-state index in [1.54, 1.807) is 12.1 Å². The number of rotatable bonds is 7. The molecule has 2 aromatic heterocycles. The van der Waals surface area contributed by atoms with Crippen LogP contribution >= 0.6 is 11.9 Å². The molecule has 184 valence electrons. The van der Waals surface area contributed by atoms with Crippen LogP contribution in [0.4, 0.5) is 4.39 Å². The van der Waals surface area contributed by atoms with Gasteiger partial charge in [0.25, 0.3) is 0 Å². The number of hydrogen-bond acceptors (Lipinski definition) is 5. The van der Waals surface area contributed by atoms with Crippen molar-refractivity contribution in [3.63, 3.8) is 0 Å². The fraction of sp³-hybridized carbons (Fsp3) is 0.407. The van der Waals surface area contributed by atoms with Crippen LogP contribution in [0.25, 0.3) is 16.6 Å². The summed E-state index contributed by atoms with van der Waals surface area (Å²) in [6.45, 7) is 13.9. The van der Waals surface area contributed by atoms with Crippen LogP contribution in [0.3, 0.4) is 0 Å². The van der Waals surface area contributed by atoms with E-state index in [2.05, 4.69) is 65.4 Å². The Kier molecular flexibility index (Phi) is 6.95. The van der Waals surface area contributed by atoms with E-state index < -0.39 is 0 Å². The van der Waals surface area contributed by atoms with Crippen LogP contribution in [-0.2, 0) is 6.54 Å². The quantitative estimate of drug-likeness (QED) is 0.309. The molecule has 1 saturated heterocycles. The number of benzene rings is 2. The maximum absolute atomic E-state index is 13.4. The van der Waals surface area contributed by atoms with Gasteiger partial charge in [0, 0.05) is 50.3 Å². The third kappa shape index (κ3) is 5.15. The van der Waals surface area contributed by atoms with Crippen molar-refractivity contribution in [2.24, 2.45) is 5.92 Å². The third-order valence-electron chi connectivity index (χ3n) is 6.61. The number of fused-ring (bicyclic) bond motifs is 1. The summed E-state index contributed by atoms with van der Waals surface area (Å²) in [7, 11) is 0. The van der Waals surface area contributed by atoms with E-state index in [4.69, 9.17) is 0 Å². The van der Waals surface area contributed by atoms with E-state index in [1.807, 2.05) is 33.7 Å². The molecule has 0 spiro atoms. The molecule has 1 unspecified atom stereocenters. The smallest absolute Gasteiger partial charge is 0.123 e. The zero-order valence-corrected chi connectivity index (χ0v) is 21.7. The summed E-state index contributed by atoms with van der Waals surface area (Å²) >= 11 is 1.81. The zero-order chi connectivity index (χ0) is 24.5. The van der Waals surface area contributed by atoms with Crippen molar-refractivity contribution >= 4 is 22.9 Å².